The third kappa shape index (κ3) is 5.34. The molecule has 1 fully saturated rings. The van der Waals surface area contributed by atoms with E-state index >= 15 is 0 Å². The van der Waals surface area contributed by atoms with Crippen LogP contribution in [0.15, 0.2) is 24.3 Å². The monoisotopic (exact) mass is 414 g/mol. The van der Waals surface area contributed by atoms with E-state index in [1.54, 1.807) is 24.3 Å². The highest BCUT2D eigenvalue weighted by atomic mass is 16.5. The number of nitrogens with one attached hydrogen (secondary N) is 3. The molecule has 0 spiro atoms. The maximum atomic E-state index is 12.6. The lowest BCUT2D eigenvalue weighted by Crippen LogP contribution is -2.28. The Hall–Kier alpha value is -3.43. The molecule has 1 saturated carbocycles. The Labute approximate surface area is 174 Å². The van der Waals surface area contributed by atoms with Crippen LogP contribution in [0.5, 0.6) is 0 Å². The van der Waals surface area contributed by atoms with Crippen LogP contribution in [-0.4, -0.2) is 52.0 Å². The molecule has 0 saturated heterocycles. The first-order valence-electron chi connectivity index (χ1n) is 10.1. The zero-order chi connectivity index (χ0) is 21.5. The number of ether oxygens (including phenoxy) is 1. The van der Waals surface area contributed by atoms with Crippen LogP contribution >= 0.6 is 0 Å². The quantitative estimate of drug-likeness (QED) is 0.571. The first kappa shape index (κ1) is 21.3. The van der Waals surface area contributed by atoms with E-state index in [9.17, 15) is 14.4 Å². The standard InChI is InChI=1S/C20H26N6O4/c1-3-11-22-20(29)30-12-16-17(19(28)23-14-7-8-14)24-25-26(16)15-9-5-13(6-10-15)18(27)21-4-2/h5-6,9-10,14H,3-4,7-8,11-12H2,1-2H3,(H,21,27)(H,22,29)(H,23,28). The fraction of sp³-hybridized carbons (Fsp3) is 0.450. The van der Waals surface area contributed by atoms with Crippen LogP contribution in [0.1, 0.15) is 59.7 Å². The molecule has 1 aliphatic rings. The number of rotatable bonds is 9. The number of benzene rings is 1. The average molecular weight is 414 g/mol. The minimum Gasteiger partial charge on any atom is -0.443 e. The smallest absolute Gasteiger partial charge is 0.407 e. The molecule has 10 nitrogen and oxygen atoms in total. The molecule has 1 heterocycles. The Morgan fingerprint density at radius 3 is 2.47 bits per heavy atom. The lowest BCUT2D eigenvalue weighted by Gasteiger charge is -2.10. The molecule has 160 valence electrons. The third-order valence-corrected chi connectivity index (χ3v) is 4.46. The van der Waals surface area contributed by atoms with Gasteiger partial charge in [0.1, 0.15) is 12.3 Å². The minimum absolute atomic E-state index is 0.109. The van der Waals surface area contributed by atoms with E-state index < -0.39 is 6.09 Å². The molecule has 3 N–H and O–H groups in total. The van der Waals surface area contributed by atoms with Crippen molar-refractivity contribution in [1.82, 2.24) is 30.9 Å². The van der Waals surface area contributed by atoms with Crippen molar-refractivity contribution < 1.29 is 19.1 Å². The van der Waals surface area contributed by atoms with Crippen LogP contribution < -0.4 is 16.0 Å². The van der Waals surface area contributed by atoms with Crippen LogP contribution in [0.3, 0.4) is 0 Å². The SMILES string of the molecule is CCCNC(=O)OCc1c(C(=O)NC2CC2)nnn1-c1ccc(C(=O)NCC)cc1. The Kier molecular flexibility index (Phi) is 6.99. The van der Waals surface area contributed by atoms with Crippen molar-refractivity contribution in [1.29, 1.82) is 0 Å². The molecule has 0 aliphatic heterocycles. The van der Waals surface area contributed by atoms with E-state index in [-0.39, 0.29) is 30.2 Å². The summed E-state index contributed by atoms with van der Waals surface area (Å²) < 4.78 is 6.70. The lowest BCUT2D eigenvalue weighted by atomic mass is 10.2. The normalized spacial score (nSPS) is 12.9. The van der Waals surface area contributed by atoms with Gasteiger partial charge in [0, 0.05) is 24.7 Å². The van der Waals surface area contributed by atoms with Gasteiger partial charge in [0.2, 0.25) is 0 Å². The number of amides is 3. The Morgan fingerprint density at radius 2 is 1.83 bits per heavy atom. The molecule has 3 rings (SSSR count). The summed E-state index contributed by atoms with van der Waals surface area (Å²) >= 11 is 0. The number of carbonyl (C=O) groups is 3. The summed E-state index contributed by atoms with van der Waals surface area (Å²) in [7, 11) is 0. The summed E-state index contributed by atoms with van der Waals surface area (Å²) in [4.78, 5) is 36.4. The van der Waals surface area contributed by atoms with Gasteiger partial charge in [0.25, 0.3) is 11.8 Å². The van der Waals surface area contributed by atoms with Crippen LogP contribution in [0.4, 0.5) is 4.79 Å². The summed E-state index contributed by atoms with van der Waals surface area (Å²) in [6, 6.07) is 6.86. The van der Waals surface area contributed by atoms with Crippen LogP contribution in [0.2, 0.25) is 0 Å². The van der Waals surface area contributed by atoms with Crippen molar-refractivity contribution in [2.24, 2.45) is 0 Å². The Morgan fingerprint density at radius 1 is 1.10 bits per heavy atom. The minimum atomic E-state index is -0.579. The maximum absolute atomic E-state index is 12.6. The zero-order valence-corrected chi connectivity index (χ0v) is 17.1. The molecule has 30 heavy (non-hydrogen) atoms. The third-order valence-electron chi connectivity index (χ3n) is 4.46. The second kappa shape index (κ2) is 9.86. The predicted octanol–water partition coefficient (Wildman–Crippen LogP) is 1.55. The highest BCUT2D eigenvalue weighted by Crippen LogP contribution is 2.21. The summed E-state index contributed by atoms with van der Waals surface area (Å²) in [5.41, 5.74) is 1.56. The first-order chi connectivity index (χ1) is 14.5. The molecular weight excluding hydrogens is 388 g/mol. The lowest BCUT2D eigenvalue weighted by molar-refractivity contribution is 0.0936. The van der Waals surface area contributed by atoms with Crippen molar-refractivity contribution in [2.75, 3.05) is 13.1 Å². The van der Waals surface area contributed by atoms with E-state index in [0.29, 0.717) is 30.0 Å². The van der Waals surface area contributed by atoms with Gasteiger partial charge in [-0.1, -0.05) is 12.1 Å². The molecule has 2 aromatic rings. The molecule has 1 aliphatic carbocycles. The highest BCUT2D eigenvalue weighted by molar-refractivity contribution is 5.94. The number of aromatic nitrogens is 3. The summed E-state index contributed by atoms with van der Waals surface area (Å²) in [5.74, 6) is -0.529. The largest absolute Gasteiger partial charge is 0.443 e. The molecule has 0 bridgehead atoms. The van der Waals surface area contributed by atoms with Gasteiger partial charge in [0.05, 0.1) is 5.69 Å². The number of hydrogen-bond donors (Lipinski definition) is 3. The van der Waals surface area contributed by atoms with Crippen molar-refractivity contribution in [3.8, 4) is 5.69 Å². The van der Waals surface area contributed by atoms with E-state index in [1.165, 1.54) is 4.68 Å². The van der Waals surface area contributed by atoms with Crippen LogP contribution in [-0.2, 0) is 11.3 Å². The first-order valence-corrected chi connectivity index (χ1v) is 10.1. The second-order valence-corrected chi connectivity index (χ2v) is 6.95. The van der Waals surface area contributed by atoms with E-state index in [0.717, 1.165) is 19.3 Å². The molecule has 0 radical (unpaired) electrons. The van der Waals surface area contributed by atoms with Gasteiger partial charge in [0.15, 0.2) is 5.69 Å². The zero-order valence-electron chi connectivity index (χ0n) is 17.1. The molecule has 0 atom stereocenters. The van der Waals surface area contributed by atoms with E-state index in [4.69, 9.17) is 4.74 Å². The Balaban J connectivity index is 1.83. The number of alkyl carbamates (subject to hydrolysis) is 1. The number of hydrogen-bond acceptors (Lipinski definition) is 6. The van der Waals surface area contributed by atoms with Gasteiger partial charge in [-0.2, -0.15) is 0 Å². The van der Waals surface area contributed by atoms with Crippen molar-refractivity contribution in [2.45, 2.75) is 45.8 Å². The van der Waals surface area contributed by atoms with Gasteiger partial charge in [-0.15, -0.1) is 5.10 Å². The molecular formula is C20H26N6O4. The molecule has 3 amide bonds. The van der Waals surface area contributed by atoms with Gasteiger partial charge in [-0.25, -0.2) is 9.48 Å². The van der Waals surface area contributed by atoms with Crippen LogP contribution in [0, 0.1) is 0 Å². The summed E-state index contributed by atoms with van der Waals surface area (Å²) in [5, 5.41) is 16.3. The van der Waals surface area contributed by atoms with Crippen molar-refractivity contribution in [3.63, 3.8) is 0 Å². The van der Waals surface area contributed by atoms with Gasteiger partial charge in [-0.3, -0.25) is 9.59 Å². The molecule has 1 aromatic carbocycles. The number of nitrogens with zero attached hydrogens (tertiary/aromatic N) is 3. The predicted molar refractivity (Wildman–Crippen MR) is 108 cm³/mol. The Bertz CT molecular complexity index is 905. The molecule has 0 unspecified atom stereocenters. The van der Waals surface area contributed by atoms with Gasteiger partial charge < -0.3 is 20.7 Å². The second-order valence-electron chi connectivity index (χ2n) is 6.95. The maximum Gasteiger partial charge on any atom is 0.407 e. The number of carbonyl (C=O) groups excluding carboxylic acids is 3. The van der Waals surface area contributed by atoms with Crippen molar-refractivity contribution in [3.05, 3.63) is 41.2 Å². The fourth-order valence-corrected chi connectivity index (χ4v) is 2.72. The van der Waals surface area contributed by atoms with Gasteiger partial charge >= 0.3 is 6.09 Å². The highest BCUT2D eigenvalue weighted by Gasteiger charge is 2.28. The van der Waals surface area contributed by atoms with Crippen molar-refractivity contribution >= 4 is 17.9 Å². The van der Waals surface area contributed by atoms with E-state index in [1.807, 2.05) is 13.8 Å². The summed E-state index contributed by atoms with van der Waals surface area (Å²) in [6.07, 6.45) is 2.07. The fourth-order valence-electron chi connectivity index (χ4n) is 2.72. The topological polar surface area (TPSA) is 127 Å². The van der Waals surface area contributed by atoms with Gasteiger partial charge in [-0.05, 0) is 50.5 Å². The van der Waals surface area contributed by atoms with Crippen LogP contribution in [0.25, 0.3) is 5.69 Å². The molecule has 1 aromatic heterocycles. The van der Waals surface area contributed by atoms with E-state index in [2.05, 4.69) is 26.3 Å². The molecule has 10 heteroatoms. The average Bonchev–Trinajstić information content (AvgIpc) is 3.46. The summed E-state index contributed by atoms with van der Waals surface area (Å²) in [6.45, 7) is 4.63.